The molecule has 0 atom stereocenters. The third-order valence-electron chi connectivity index (χ3n) is 3.51. The maximum atomic E-state index is 12.2. The van der Waals surface area contributed by atoms with E-state index in [0.29, 0.717) is 28.2 Å². The zero-order chi connectivity index (χ0) is 20.1. The molecule has 28 heavy (non-hydrogen) atoms. The summed E-state index contributed by atoms with van der Waals surface area (Å²) in [6.45, 7) is 3.76. The Hall–Kier alpha value is -2.92. The molecule has 12 heteroatoms. The molecule has 2 heterocycles. The number of nitrogens with zero attached hydrogens (tertiary/aromatic N) is 5. The van der Waals surface area contributed by atoms with Crippen molar-refractivity contribution in [3.05, 3.63) is 29.3 Å². The minimum atomic E-state index is -0.314. The second-order valence-electron chi connectivity index (χ2n) is 5.51. The lowest BCUT2D eigenvalue weighted by molar-refractivity contribution is -0.114. The molecule has 2 aromatic heterocycles. The molecule has 0 unspecified atom stereocenters. The quantitative estimate of drug-likeness (QED) is 0.557. The van der Waals surface area contributed by atoms with Crippen molar-refractivity contribution in [2.24, 2.45) is 0 Å². The van der Waals surface area contributed by atoms with E-state index in [2.05, 4.69) is 31.1 Å². The van der Waals surface area contributed by atoms with E-state index >= 15 is 0 Å². The van der Waals surface area contributed by atoms with E-state index in [1.807, 2.05) is 6.92 Å². The number of aromatic nitrogens is 5. The van der Waals surface area contributed by atoms with Crippen molar-refractivity contribution in [1.29, 1.82) is 0 Å². The van der Waals surface area contributed by atoms with Crippen molar-refractivity contribution < 1.29 is 14.2 Å². The first-order valence-corrected chi connectivity index (χ1v) is 9.56. The Morgan fingerprint density at radius 3 is 2.71 bits per heavy atom. The number of rotatable bonds is 7. The summed E-state index contributed by atoms with van der Waals surface area (Å²) in [4.78, 5) is 23.5. The number of benzene rings is 1. The fourth-order valence-corrected chi connectivity index (χ4v) is 3.30. The van der Waals surface area contributed by atoms with Crippen LogP contribution in [-0.4, -0.2) is 42.6 Å². The van der Waals surface area contributed by atoms with Crippen molar-refractivity contribution in [2.75, 3.05) is 16.4 Å². The van der Waals surface area contributed by atoms with E-state index in [1.165, 1.54) is 18.7 Å². The van der Waals surface area contributed by atoms with E-state index in [9.17, 15) is 9.59 Å². The topological polar surface area (TPSA) is 128 Å². The Labute approximate surface area is 169 Å². The second-order valence-corrected chi connectivity index (χ2v) is 6.86. The largest absolute Gasteiger partial charge is 0.324 e. The van der Waals surface area contributed by atoms with E-state index < -0.39 is 0 Å². The van der Waals surface area contributed by atoms with Gasteiger partial charge < -0.3 is 15.2 Å². The van der Waals surface area contributed by atoms with Crippen molar-refractivity contribution in [1.82, 2.24) is 25.1 Å². The molecule has 10 nitrogen and oxygen atoms in total. The van der Waals surface area contributed by atoms with Crippen LogP contribution in [0.2, 0.25) is 5.02 Å². The second kappa shape index (κ2) is 8.85. The Kier molecular flexibility index (Phi) is 6.26. The summed E-state index contributed by atoms with van der Waals surface area (Å²) in [7, 11) is 0. The molecule has 0 saturated carbocycles. The van der Waals surface area contributed by atoms with Gasteiger partial charge in [0.15, 0.2) is 16.7 Å². The van der Waals surface area contributed by atoms with Gasteiger partial charge in [0.25, 0.3) is 0 Å². The number of para-hydroxylation sites is 1. The Morgan fingerprint density at radius 1 is 1.21 bits per heavy atom. The molecule has 2 amide bonds. The number of hydrogen-bond acceptors (Lipinski definition) is 8. The van der Waals surface area contributed by atoms with Gasteiger partial charge in [-0.05, 0) is 29.4 Å². The smallest absolute Gasteiger partial charge is 0.234 e. The average Bonchev–Trinajstić information content (AvgIpc) is 3.27. The molecule has 2 N–H and O–H groups in total. The van der Waals surface area contributed by atoms with E-state index in [0.717, 1.165) is 0 Å². The minimum absolute atomic E-state index is 0.110. The van der Waals surface area contributed by atoms with Gasteiger partial charge in [-0.3, -0.25) is 9.59 Å². The highest BCUT2D eigenvalue weighted by molar-refractivity contribution is 7.99. The minimum Gasteiger partial charge on any atom is -0.324 e. The van der Waals surface area contributed by atoms with Crippen molar-refractivity contribution in [3.63, 3.8) is 0 Å². The van der Waals surface area contributed by atoms with Crippen LogP contribution >= 0.6 is 23.4 Å². The molecule has 3 rings (SSSR count). The number of amides is 2. The molecule has 0 fully saturated rings. The van der Waals surface area contributed by atoms with Crippen LogP contribution in [0, 0.1) is 0 Å². The number of anilines is 2. The molecule has 146 valence electrons. The highest BCUT2D eigenvalue weighted by atomic mass is 35.5. The third kappa shape index (κ3) is 4.49. The highest BCUT2D eigenvalue weighted by Gasteiger charge is 2.22. The van der Waals surface area contributed by atoms with Crippen LogP contribution in [0.3, 0.4) is 0 Å². The van der Waals surface area contributed by atoms with Gasteiger partial charge in [-0.2, -0.15) is 0 Å². The van der Waals surface area contributed by atoms with Crippen LogP contribution in [0.5, 0.6) is 0 Å². The lowest BCUT2D eigenvalue weighted by atomic mass is 10.3. The lowest BCUT2D eigenvalue weighted by Crippen LogP contribution is -2.15. The summed E-state index contributed by atoms with van der Waals surface area (Å²) in [6, 6.07) is 6.99. The van der Waals surface area contributed by atoms with Crippen LogP contribution in [-0.2, 0) is 16.1 Å². The van der Waals surface area contributed by atoms with Gasteiger partial charge >= 0.3 is 0 Å². The van der Waals surface area contributed by atoms with Gasteiger partial charge in [0, 0.05) is 13.5 Å². The first-order chi connectivity index (χ1) is 13.5. The number of thioether (sulfide) groups is 1. The zero-order valence-corrected chi connectivity index (χ0v) is 16.5. The fourth-order valence-electron chi connectivity index (χ4n) is 2.32. The Balaban J connectivity index is 1.72. The van der Waals surface area contributed by atoms with Gasteiger partial charge in [-0.25, -0.2) is 4.63 Å². The maximum absolute atomic E-state index is 12.2. The van der Waals surface area contributed by atoms with E-state index in [1.54, 1.807) is 28.8 Å². The molecule has 0 bridgehead atoms. The average molecular weight is 422 g/mol. The summed E-state index contributed by atoms with van der Waals surface area (Å²) >= 11 is 7.26. The molecule has 3 aromatic rings. The third-order valence-corrected chi connectivity index (χ3v) is 4.80. The first-order valence-electron chi connectivity index (χ1n) is 8.20. The summed E-state index contributed by atoms with van der Waals surface area (Å²) in [5.41, 5.74) is 0.804. The van der Waals surface area contributed by atoms with Crippen LogP contribution in [0.4, 0.5) is 11.5 Å². The molecule has 0 aliphatic heterocycles. The predicted molar refractivity (Wildman–Crippen MR) is 104 cm³/mol. The molecule has 0 aliphatic carbocycles. The summed E-state index contributed by atoms with van der Waals surface area (Å²) in [5, 5.41) is 21.9. The van der Waals surface area contributed by atoms with Crippen molar-refractivity contribution in [2.45, 2.75) is 25.5 Å². The number of carbonyl (C=O) groups excluding carboxylic acids is 2. The first kappa shape index (κ1) is 19.8. The van der Waals surface area contributed by atoms with Crippen molar-refractivity contribution in [3.8, 4) is 11.5 Å². The molecular weight excluding hydrogens is 406 g/mol. The predicted octanol–water partition coefficient (Wildman–Crippen LogP) is 2.69. The van der Waals surface area contributed by atoms with Crippen LogP contribution in [0.25, 0.3) is 11.5 Å². The highest BCUT2D eigenvalue weighted by Crippen LogP contribution is 2.27. The lowest BCUT2D eigenvalue weighted by Gasteiger charge is -2.08. The van der Waals surface area contributed by atoms with Crippen LogP contribution in [0.15, 0.2) is 34.1 Å². The fraction of sp³-hybridized carbons (Fsp3) is 0.250. The van der Waals surface area contributed by atoms with Crippen LogP contribution < -0.4 is 10.6 Å². The van der Waals surface area contributed by atoms with Gasteiger partial charge in [0.1, 0.15) is 0 Å². The number of nitrogens with one attached hydrogen (secondary N) is 2. The van der Waals surface area contributed by atoms with Gasteiger partial charge in [0.2, 0.25) is 17.6 Å². The Morgan fingerprint density at radius 2 is 2.00 bits per heavy atom. The van der Waals surface area contributed by atoms with Gasteiger partial charge in [0.05, 0.1) is 16.5 Å². The molecule has 0 radical (unpaired) electrons. The zero-order valence-electron chi connectivity index (χ0n) is 15.0. The van der Waals surface area contributed by atoms with Crippen molar-refractivity contribution >= 4 is 46.7 Å². The summed E-state index contributed by atoms with van der Waals surface area (Å²) in [5.74, 6) is 0.0979. The number of hydrogen-bond donors (Lipinski definition) is 2. The summed E-state index contributed by atoms with van der Waals surface area (Å²) in [6.07, 6.45) is 0. The maximum Gasteiger partial charge on any atom is 0.234 e. The number of halogens is 1. The SMILES string of the molecule is CCn1c(SCC(=O)Nc2ccccc2Cl)nnc1-c1nonc1NC(C)=O. The molecule has 1 aromatic carbocycles. The monoisotopic (exact) mass is 421 g/mol. The van der Waals surface area contributed by atoms with Crippen LogP contribution in [0.1, 0.15) is 13.8 Å². The Bertz CT molecular complexity index is 1000. The molecular formula is C16H16ClN7O3S. The standard InChI is InChI=1S/C16H16ClN7O3S/c1-3-24-15(13-14(18-9(2)25)23-27-22-13)20-21-16(24)28-8-12(26)19-11-7-5-4-6-10(11)17/h4-7H,3,8H2,1-2H3,(H,19,26)(H,18,23,25). The molecule has 0 spiro atoms. The number of carbonyl (C=O) groups is 2. The summed E-state index contributed by atoms with van der Waals surface area (Å²) < 4.78 is 6.45. The normalized spacial score (nSPS) is 10.7. The van der Waals surface area contributed by atoms with Gasteiger partial charge in [-0.1, -0.05) is 35.5 Å². The van der Waals surface area contributed by atoms with E-state index in [4.69, 9.17) is 16.2 Å². The van der Waals surface area contributed by atoms with Gasteiger partial charge in [-0.15, -0.1) is 10.2 Å². The molecule has 0 aliphatic rings. The van der Waals surface area contributed by atoms with E-state index in [-0.39, 0.29) is 29.1 Å². The molecule has 0 saturated heterocycles.